The molecule has 2 N–H and O–H groups in total. The predicted octanol–water partition coefficient (Wildman–Crippen LogP) is 4.95. The van der Waals surface area contributed by atoms with Gasteiger partial charge in [0.2, 0.25) is 11.8 Å². The summed E-state index contributed by atoms with van der Waals surface area (Å²) >= 11 is 0. The van der Waals surface area contributed by atoms with E-state index in [2.05, 4.69) is 41.7 Å². The summed E-state index contributed by atoms with van der Waals surface area (Å²) in [6.07, 6.45) is 11.7. The average molecular weight is 654 g/mol. The number of hydrogen-bond acceptors (Lipinski definition) is 9. The van der Waals surface area contributed by atoms with Crippen LogP contribution in [-0.4, -0.2) is 91.1 Å². The van der Waals surface area contributed by atoms with Crippen molar-refractivity contribution in [3.8, 4) is 0 Å². The number of rotatable bonds is 26. The average Bonchev–Trinajstić information content (AvgIpc) is 3.45. The molecule has 1 rings (SSSR count). The number of allylic oxidation sites excluding steroid dienone is 1. The third-order valence-corrected chi connectivity index (χ3v) is 5.58. The Balaban J connectivity index is 0. The maximum absolute atomic E-state index is 12.0. The number of aryl methyl sites for hydroxylation is 1. The molecule has 46 heavy (non-hydrogen) atoms. The van der Waals surface area contributed by atoms with Crippen molar-refractivity contribution < 1.29 is 33.4 Å². The summed E-state index contributed by atoms with van der Waals surface area (Å²) in [5.74, 6) is 0.946. The Bertz CT molecular complexity index is 932. The molecule has 0 fully saturated rings. The molecule has 0 aromatic carbocycles. The monoisotopic (exact) mass is 653 g/mol. The second-order valence-corrected chi connectivity index (χ2v) is 11.2. The van der Waals surface area contributed by atoms with Crippen LogP contribution in [0.15, 0.2) is 12.3 Å². The minimum Gasteiger partial charge on any atom is -0.379 e. The lowest BCUT2D eigenvalue weighted by molar-refractivity contribution is -0.124. The quantitative estimate of drug-likeness (QED) is 0.132. The van der Waals surface area contributed by atoms with Gasteiger partial charge >= 0.3 is 0 Å². The van der Waals surface area contributed by atoms with E-state index in [0.29, 0.717) is 84.8 Å². The zero-order valence-corrected chi connectivity index (χ0v) is 29.7. The molecule has 266 valence electrons. The molecular weight excluding hydrogens is 590 g/mol. The molecule has 2 amide bonds. The van der Waals surface area contributed by atoms with Crippen molar-refractivity contribution >= 4 is 29.6 Å². The van der Waals surface area contributed by atoms with E-state index in [0.717, 1.165) is 30.9 Å². The van der Waals surface area contributed by atoms with Crippen molar-refractivity contribution in [3.05, 3.63) is 18.0 Å². The smallest absolute Gasteiger partial charge is 0.220 e. The van der Waals surface area contributed by atoms with Gasteiger partial charge in [0.15, 0.2) is 0 Å². The number of carbonyl (C=O) groups is 4. The van der Waals surface area contributed by atoms with Crippen molar-refractivity contribution in [2.24, 2.45) is 5.92 Å². The van der Waals surface area contributed by atoms with Crippen LogP contribution in [0.3, 0.4) is 0 Å². The summed E-state index contributed by atoms with van der Waals surface area (Å²) in [4.78, 5) is 45.2. The summed E-state index contributed by atoms with van der Waals surface area (Å²) < 4.78 is 18.1. The van der Waals surface area contributed by atoms with Gasteiger partial charge in [-0.15, -0.1) is 5.10 Å². The summed E-state index contributed by atoms with van der Waals surface area (Å²) in [5, 5.41) is 13.8. The van der Waals surface area contributed by atoms with Crippen LogP contribution in [0.2, 0.25) is 0 Å². The summed E-state index contributed by atoms with van der Waals surface area (Å²) in [7, 11) is 0. The Morgan fingerprint density at radius 2 is 1.24 bits per heavy atom. The lowest BCUT2D eigenvalue weighted by atomic mass is 10.2. The first-order valence-corrected chi connectivity index (χ1v) is 16.9. The first kappa shape index (κ1) is 45.2. The van der Waals surface area contributed by atoms with Crippen LogP contribution in [0.25, 0.3) is 6.20 Å². The third-order valence-electron chi connectivity index (χ3n) is 5.58. The molecule has 0 aliphatic heterocycles. The SMILES string of the molecule is CC.CC(=O)CCCC=Cn1cc(CCCC(=O)NCCCOCCOCCOCCCNC(=O)CCC(C)=O)nn1.CC(C)C. The fourth-order valence-corrected chi connectivity index (χ4v) is 3.39. The van der Waals surface area contributed by atoms with Crippen molar-refractivity contribution in [1.29, 1.82) is 0 Å². The van der Waals surface area contributed by atoms with Gasteiger partial charge in [0.1, 0.15) is 11.6 Å². The molecule has 0 saturated carbocycles. The molecule has 0 aliphatic carbocycles. The molecule has 0 aliphatic rings. The molecule has 1 heterocycles. The molecule has 12 heteroatoms. The largest absolute Gasteiger partial charge is 0.379 e. The van der Waals surface area contributed by atoms with Crippen molar-refractivity contribution in [3.63, 3.8) is 0 Å². The standard InChI is InChI=1S/C28H47N5O7.C4H10.C2H6/c1-24(34)9-4-3-5-16-33-23-26(31-32-33)10-6-11-27(36)29-14-7-17-38-19-21-40-22-20-39-18-8-15-30-28(37)13-12-25(2)35;1-4(2)3;1-2/h5,16,23H,3-4,6-15,17-22H2,1-2H3,(H,29,36)(H,30,37);4H,1-3H3;1-2H3. The molecule has 1 aromatic rings. The van der Waals surface area contributed by atoms with Gasteiger partial charge in [-0.1, -0.05) is 45.9 Å². The minimum absolute atomic E-state index is 0.0106. The van der Waals surface area contributed by atoms with Gasteiger partial charge in [-0.3, -0.25) is 9.59 Å². The van der Waals surface area contributed by atoms with E-state index in [1.807, 2.05) is 32.3 Å². The van der Waals surface area contributed by atoms with E-state index in [9.17, 15) is 19.2 Å². The Morgan fingerprint density at radius 3 is 1.76 bits per heavy atom. The van der Waals surface area contributed by atoms with Crippen LogP contribution < -0.4 is 10.6 Å². The summed E-state index contributed by atoms with van der Waals surface area (Å²) in [6, 6.07) is 0. The van der Waals surface area contributed by atoms with Gasteiger partial charge in [-0.05, 0) is 58.3 Å². The van der Waals surface area contributed by atoms with E-state index in [1.54, 1.807) is 11.6 Å². The normalized spacial score (nSPS) is 10.6. The summed E-state index contributed by atoms with van der Waals surface area (Å²) in [5.41, 5.74) is 0.840. The van der Waals surface area contributed by atoms with Crippen LogP contribution in [-0.2, 0) is 39.8 Å². The topological polar surface area (TPSA) is 151 Å². The van der Waals surface area contributed by atoms with Crippen LogP contribution in [0, 0.1) is 5.92 Å². The number of ether oxygens (including phenoxy) is 3. The van der Waals surface area contributed by atoms with Crippen molar-refractivity contribution in [1.82, 2.24) is 25.6 Å². The van der Waals surface area contributed by atoms with Crippen LogP contribution >= 0.6 is 0 Å². The van der Waals surface area contributed by atoms with Gasteiger partial charge in [0, 0.05) is 58.2 Å². The van der Waals surface area contributed by atoms with E-state index in [1.165, 1.54) is 6.92 Å². The van der Waals surface area contributed by atoms with E-state index >= 15 is 0 Å². The molecular formula is C34H63N5O7. The molecule has 0 spiro atoms. The fourth-order valence-electron chi connectivity index (χ4n) is 3.39. The Kier molecular flexibility index (Phi) is 32.8. The highest BCUT2D eigenvalue weighted by Gasteiger charge is 2.04. The fraction of sp³-hybridized carbons (Fsp3) is 0.765. The van der Waals surface area contributed by atoms with E-state index < -0.39 is 0 Å². The Labute approximate surface area is 277 Å². The molecule has 0 atom stereocenters. The highest BCUT2D eigenvalue weighted by molar-refractivity contribution is 5.83. The zero-order valence-electron chi connectivity index (χ0n) is 29.7. The number of nitrogens with zero attached hydrogens (tertiary/aromatic N) is 3. The van der Waals surface area contributed by atoms with E-state index in [4.69, 9.17) is 14.2 Å². The first-order chi connectivity index (χ1) is 22.1. The van der Waals surface area contributed by atoms with Crippen LogP contribution in [0.5, 0.6) is 0 Å². The van der Waals surface area contributed by atoms with Crippen molar-refractivity contribution in [2.75, 3.05) is 52.7 Å². The molecule has 1 aromatic heterocycles. The zero-order chi connectivity index (χ0) is 34.8. The van der Waals surface area contributed by atoms with Crippen LogP contribution in [0.1, 0.15) is 112 Å². The number of unbranched alkanes of at least 4 members (excludes halogenated alkanes) is 1. The Morgan fingerprint density at radius 1 is 0.739 bits per heavy atom. The van der Waals surface area contributed by atoms with Crippen LogP contribution in [0.4, 0.5) is 0 Å². The highest BCUT2D eigenvalue weighted by Crippen LogP contribution is 2.03. The highest BCUT2D eigenvalue weighted by atomic mass is 16.5. The number of Topliss-reactive ketones (excluding diaryl/α,β-unsaturated/α-hetero) is 2. The summed E-state index contributed by atoms with van der Waals surface area (Å²) in [6.45, 7) is 17.6. The Hall–Kier alpha value is -2.96. The molecule has 0 unspecified atom stereocenters. The predicted molar refractivity (Wildman–Crippen MR) is 182 cm³/mol. The molecule has 12 nitrogen and oxygen atoms in total. The maximum Gasteiger partial charge on any atom is 0.220 e. The third kappa shape index (κ3) is 35.5. The van der Waals surface area contributed by atoms with E-state index in [-0.39, 0.29) is 36.2 Å². The first-order valence-electron chi connectivity index (χ1n) is 16.9. The van der Waals surface area contributed by atoms with Gasteiger partial charge < -0.3 is 34.4 Å². The second kappa shape index (κ2) is 33.4. The number of carbonyl (C=O) groups excluding carboxylic acids is 4. The number of nitrogens with one attached hydrogen (secondary N) is 2. The van der Waals surface area contributed by atoms with Gasteiger partial charge in [-0.25, -0.2) is 4.68 Å². The molecule has 0 bridgehead atoms. The lowest BCUT2D eigenvalue weighted by Crippen LogP contribution is -2.25. The molecule has 0 radical (unpaired) electrons. The number of aromatic nitrogens is 3. The minimum atomic E-state index is -0.112. The van der Waals surface area contributed by atoms with Gasteiger partial charge in [0.25, 0.3) is 0 Å². The number of amides is 2. The van der Waals surface area contributed by atoms with Gasteiger partial charge in [0.05, 0.1) is 38.3 Å². The number of ketones is 2. The lowest BCUT2D eigenvalue weighted by Gasteiger charge is -2.08. The van der Waals surface area contributed by atoms with Gasteiger partial charge in [-0.2, -0.15) is 0 Å². The maximum atomic E-state index is 12.0. The molecule has 0 saturated heterocycles. The van der Waals surface area contributed by atoms with Crippen molar-refractivity contribution in [2.45, 2.75) is 113 Å². The number of hydrogen-bond donors (Lipinski definition) is 2. The second-order valence-electron chi connectivity index (χ2n) is 11.2.